The monoisotopic (exact) mass is 356 g/mol. The molecule has 2 aromatic rings. The normalized spacial score (nSPS) is 20.0. The van der Waals surface area contributed by atoms with Crippen molar-refractivity contribution < 1.29 is 14.3 Å². The number of hydrogen-bond donors (Lipinski definition) is 1. The van der Waals surface area contributed by atoms with Crippen LogP contribution in [0.2, 0.25) is 0 Å². The van der Waals surface area contributed by atoms with E-state index < -0.39 is 0 Å². The lowest BCUT2D eigenvalue weighted by Gasteiger charge is -2.20. The maximum absolute atomic E-state index is 14.3. The van der Waals surface area contributed by atoms with Crippen molar-refractivity contribution in [1.82, 2.24) is 9.80 Å². The molecule has 1 N–H and O–H groups in total. The highest BCUT2D eigenvalue weighted by Gasteiger charge is 2.35. The predicted molar refractivity (Wildman–Crippen MR) is 100 cm³/mol. The second-order valence-corrected chi connectivity index (χ2v) is 7.20. The van der Waals surface area contributed by atoms with Crippen LogP contribution in [0, 0.1) is 17.7 Å². The molecule has 138 valence electrons. The highest BCUT2D eigenvalue weighted by atomic mass is 19.1. The molecule has 2 atom stereocenters. The van der Waals surface area contributed by atoms with Gasteiger partial charge in [-0.1, -0.05) is 36.4 Å². The number of amides is 1. The molecule has 1 saturated heterocycles. The van der Waals surface area contributed by atoms with Crippen molar-refractivity contribution in [3.8, 4) is 11.1 Å². The molecule has 5 heteroatoms. The molecule has 0 aromatic heterocycles. The van der Waals surface area contributed by atoms with Crippen LogP contribution >= 0.6 is 0 Å². The van der Waals surface area contributed by atoms with E-state index in [0.717, 1.165) is 6.54 Å². The van der Waals surface area contributed by atoms with E-state index in [1.54, 1.807) is 41.3 Å². The standard InChI is InChI=1S/C21H25FN2O2/c1-23(2)11-15-12-24(13-16(15)14-25)21(26)19-9-4-3-7-17(19)18-8-5-6-10-20(18)22/h3-10,15-16,25H,11-14H2,1-2H3. The number of carbonyl (C=O) groups is 1. The summed E-state index contributed by atoms with van der Waals surface area (Å²) in [5.74, 6) is -0.141. The van der Waals surface area contributed by atoms with Crippen LogP contribution in [0.3, 0.4) is 0 Å². The molecule has 0 aliphatic carbocycles. The Balaban J connectivity index is 1.89. The third kappa shape index (κ3) is 3.79. The summed E-state index contributed by atoms with van der Waals surface area (Å²) in [6.07, 6.45) is 0. The van der Waals surface area contributed by atoms with Crippen molar-refractivity contribution >= 4 is 5.91 Å². The van der Waals surface area contributed by atoms with E-state index in [1.165, 1.54) is 6.07 Å². The summed E-state index contributed by atoms with van der Waals surface area (Å²) >= 11 is 0. The van der Waals surface area contributed by atoms with E-state index in [9.17, 15) is 14.3 Å². The molecule has 0 saturated carbocycles. The quantitative estimate of drug-likeness (QED) is 0.896. The van der Waals surface area contributed by atoms with Crippen LogP contribution in [0.15, 0.2) is 48.5 Å². The largest absolute Gasteiger partial charge is 0.396 e. The molecule has 1 fully saturated rings. The van der Waals surface area contributed by atoms with Crippen molar-refractivity contribution in [2.24, 2.45) is 11.8 Å². The molecule has 0 spiro atoms. The zero-order valence-corrected chi connectivity index (χ0v) is 15.2. The van der Waals surface area contributed by atoms with Crippen molar-refractivity contribution in [1.29, 1.82) is 0 Å². The number of halogens is 1. The number of benzene rings is 2. The van der Waals surface area contributed by atoms with E-state index >= 15 is 0 Å². The first-order chi connectivity index (χ1) is 12.5. The minimum Gasteiger partial charge on any atom is -0.396 e. The van der Waals surface area contributed by atoms with Crippen molar-refractivity contribution in [3.05, 3.63) is 59.9 Å². The number of nitrogens with zero attached hydrogens (tertiary/aromatic N) is 2. The van der Waals surface area contributed by atoms with Gasteiger partial charge in [-0.2, -0.15) is 0 Å². The maximum Gasteiger partial charge on any atom is 0.254 e. The highest BCUT2D eigenvalue weighted by Crippen LogP contribution is 2.30. The molecule has 4 nitrogen and oxygen atoms in total. The SMILES string of the molecule is CN(C)CC1CN(C(=O)c2ccccc2-c2ccccc2F)CC1CO. The second-order valence-electron chi connectivity index (χ2n) is 7.20. The zero-order valence-electron chi connectivity index (χ0n) is 15.2. The summed E-state index contributed by atoms with van der Waals surface area (Å²) in [7, 11) is 3.98. The van der Waals surface area contributed by atoms with Gasteiger partial charge in [0.05, 0.1) is 0 Å². The zero-order chi connectivity index (χ0) is 18.7. The van der Waals surface area contributed by atoms with Crippen molar-refractivity contribution in [2.45, 2.75) is 0 Å². The fourth-order valence-electron chi connectivity index (χ4n) is 3.74. The highest BCUT2D eigenvalue weighted by molar-refractivity contribution is 6.01. The summed E-state index contributed by atoms with van der Waals surface area (Å²) in [4.78, 5) is 17.0. The van der Waals surface area contributed by atoms with Crippen LogP contribution in [0.4, 0.5) is 4.39 Å². The van der Waals surface area contributed by atoms with Crippen molar-refractivity contribution in [3.63, 3.8) is 0 Å². The Morgan fingerprint density at radius 3 is 2.35 bits per heavy atom. The Kier molecular flexibility index (Phi) is 5.69. The van der Waals surface area contributed by atoms with Gasteiger partial charge in [0.25, 0.3) is 5.91 Å². The molecular formula is C21H25FN2O2. The molecule has 26 heavy (non-hydrogen) atoms. The summed E-state index contributed by atoms with van der Waals surface area (Å²) in [5.41, 5.74) is 1.53. The third-order valence-corrected chi connectivity index (χ3v) is 5.02. The number of aliphatic hydroxyl groups excluding tert-OH is 1. The topological polar surface area (TPSA) is 43.8 Å². The van der Waals surface area contributed by atoms with Crippen molar-refractivity contribution in [2.75, 3.05) is 40.3 Å². The predicted octanol–water partition coefficient (Wildman–Crippen LogP) is 2.73. The average Bonchev–Trinajstić information content (AvgIpc) is 3.03. The van der Waals surface area contributed by atoms with E-state index in [1.807, 2.05) is 20.2 Å². The van der Waals surface area contributed by atoms with E-state index in [4.69, 9.17) is 0 Å². The van der Waals surface area contributed by atoms with Crippen LogP contribution in [0.5, 0.6) is 0 Å². The number of aliphatic hydroxyl groups is 1. The fourth-order valence-corrected chi connectivity index (χ4v) is 3.74. The van der Waals surface area contributed by atoms with E-state index in [-0.39, 0.29) is 30.2 Å². The first-order valence-electron chi connectivity index (χ1n) is 8.90. The smallest absolute Gasteiger partial charge is 0.254 e. The van der Waals surface area contributed by atoms with E-state index in [2.05, 4.69) is 4.90 Å². The van der Waals surface area contributed by atoms with Crippen LogP contribution < -0.4 is 0 Å². The summed E-state index contributed by atoms with van der Waals surface area (Å²) in [6, 6.07) is 13.6. The number of rotatable bonds is 5. The summed E-state index contributed by atoms with van der Waals surface area (Å²) < 4.78 is 14.3. The first-order valence-corrected chi connectivity index (χ1v) is 8.90. The molecular weight excluding hydrogens is 331 g/mol. The lowest BCUT2D eigenvalue weighted by atomic mass is 9.97. The fraction of sp³-hybridized carbons (Fsp3) is 0.381. The van der Waals surface area contributed by atoms with Gasteiger partial charge in [0.15, 0.2) is 0 Å². The molecule has 0 radical (unpaired) electrons. The Morgan fingerprint density at radius 1 is 1.08 bits per heavy atom. The summed E-state index contributed by atoms with van der Waals surface area (Å²) in [6.45, 7) is 2.02. The van der Waals surface area contributed by atoms with Crippen LogP contribution in [0.1, 0.15) is 10.4 Å². The molecule has 1 amide bonds. The first kappa shape index (κ1) is 18.5. The van der Waals surface area contributed by atoms with Gasteiger partial charge in [-0.25, -0.2) is 4.39 Å². The molecule has 2 unspecified atom stereocenters. The molecule has 1 heterocycles. The summed E-state index contributed by atoms with van der Waals surface area (Å²) in [5, 5.41) is 9.68. The minimum atomic E-state index is -0.340. The van der Waals surface area contributed by atoms with Gasteiger partial charge >= 0.3 is 0 Å². The molecule has 2 aromatic carbocycles. The van der Waals surface area contributed by atoms with Gasteiger partial charge in [-0.15, -0.1) is 0 Å². The second kappa shape index (κ2) is 7.98. The average molecular weight is 356 g/mol. The van der Waals surface area contributed by atoms with Gasteiger partial charge in [-0.3, -0.25) is 4.79 Å². The van der Waals surface area contributed by atoms with Gasteiger partial charge < -0.3 is 14.9 Å². The number of hydrogen-bond acceptors (Lipinski definition) is 3. The molecule has 1 aliphatic rings. The van der Waals surface area contributed by atoms with Gasteiger partial charge in [-0.05, 0) is 37.7 Å². The van der Waals surface area contributed by atoms with Gasteiger partial charge in [0.1, 0.15) is 5.82 Å². The molecule has 1 aliphatic heterocycles. The molecule has 0 bridgehead atoms. The van der Waals surface area contributed by atoms with Crippen LogP contribution in [-0.4, -0.2) is 61.2 Å². The minimum absolute atomic E-state index is 0.0667. The Labute approximate surface area is 153 Å². The lowest BCUT2D eigenvalue weighted by molar-refractivity contribution is 0.0780. The van der Waals surface area contributed by atoms with Gasteiger partial charge in [0, 0.05) is 43.3 Å². The Bertz CT molecular complexity index is 778. The van der Waals surface area contributed by atoms with E-state index in [0.29, 0.717) is 29.8 Å². The molecule has 3 rings (SSSR count). The Morgan fingerprint density at radius 2 is 1.69 bits per heavy atom. The van der Waals surface area contributed by atoms with Crippen LogP contribution in [-0.2, 0) is 0 Å². The maximum atomic E-state index is 14.3. The Hall–Kier alpha value is -2.24. The van der Waals surface area contributed by atoms with Gasteiger partial charge in [0.2, 0.25) is 0 Å². The third-order valence-electron chi connectivity index (χ3n) is 5.02. The van der Waals surface area contributed by atoms with Crippen LogP contribution in [0.25, 0.3) is 11.1 Å². The number of carbonyl (C=O) groups excluding carboxylic acids is 1. The number of likely N-dealkylation sites (tertiary alicyclic amines) is 1. The lowest BCUT2D eigenvalue weighted by Crippen LogP contribution is -2.31.